The molecule has 0 aromatic heterocycles. The van der Waals surface area contributed by atoms with E-state index in [4.69, 9.17) is 14.2 Å². The second kappa shape index (κ2) is 8.16. The van der Waals surface area contributed by atoms with Gasteiger partial charge in [0.1, 0.15) is 13.2 Å². The molecule has 0 saturated heterocycles. The highest BCUT2D eigenvalue weighted by molar-refractivity contribution is 5.92. The molecule has 0 aliphatic carbocycles. The number of hydrogen-bond donors (Lipinski definition) is 1. The van der Waals surface area contributed by atoms with Crippen LogP contribution in [0.2, 0.25) is 0 Å². The largest absolute Gasteiger partial charge is 0.493 e. The van der Waals surface area contributed by atoms with Crippen LogP contribution in [-0.4, -0.2) is 32.8 Å². The van der Waals surface area contributed by atoms with E-state index >= 15 is 0 Å². The predicted molar refractivity (Wildman–Crippen MR) is 105 cm³/mol. The molecule has 2 aromatic carbocycles. The second-order valence-electron chi connectivity index (χ2n) is 7.05. The first-order chi connectivity index (χ1) is 13.0. The summed E-state index contributed by atoms with van der Waals surface area (Å²) in [5.41, 5.74) is 1.85. The Kier molecular flexibility index (Phi) is 5.69. The first-order valence-electron chi connectivity index (χ1n) is 8.99. The van der Waals surface area contributed by atoms with E-state index in [1.807, 2.05) is 30.3 Å². The number of benzene rings is 2. The molecule has 0 spiro atoms. The summed E-state index contributed by atoms with van der Waals surface area (Å²) >= 11 is 0. The van der Waals surface area contributed by atoms with Gasteiger partial charge in [0, 0.05) is 18.0 Å². The van der Waals surface area contributed by atoms with Crippen molar-refractivity contribution in [2.75, 3.05) is 26.9 Å². The van der Waals surface area contributed by atoms with Gasteiger partial charge >= 0.3 is 0 Å². The van der Waals surface area contributed by atoms with E-state index in [-0.39, 0.29) is 11.3 Å². The van der Waals surface area contributed by atoms with Crippen molar-refractivity contribution >= 4 is 12.0 Å². The zero-order valence-electron chi connectivity index (χ0n) is 16.0. The molecular weight excluding hydrogens is 342 g/mol. The molecule has 0 bridgehead atoms. The van der Waals surface area contributed by atoms with Gasteiger partial charge in [-0.3, -0.25) is 4.79 Å². The molecule has 0 atom stereocenters. The third-order valence-corrected chi connectivity index (χ3v) is 4.54. The highest BCUT2D eigenvalue weighted by atomic mass is 16.6. The lowest BCUT2D eigenvalue weighted by molar-refractivity contribution is -0.116. The minimum atomic E-state index is -0.148. The van der Waals surface area contributed by atoms with Gasteiger partial charge in [-0.05, 0) is 29.3 Å². The number of carbonyl (C=O) groups excluding carboxylic acids is 1. The molecule has 5 nitrogen and oxygen atoms in total. The summed E-state index contributed by atoms with van der Waals surface area (Å²) in [6.07, 6.45) is 3.26. The third kappa shape index (κ3) is 4.61. The molecule has 27 heavy (non-hydrogen) atoms. The standard InChI is InChI=1S/C22H25NO4/c1-22(2,17-7-5-4-6-8-17)15-23-20(24)10-9-16-13-18(25-3)21-19(14-16)26-11-12-27-21/h4-10,13-14H,11-12,15H2,1-3H3,(H,23,24)/b10-9+. The normalized spacial score (nSPS) is 13.4. The van der Waals surface area contributed by atoms with Gasteiger partial charge < -0.3 is 19.5 Å². The van der Waals surface area contributed by atoms with Gasteiger partial charge in [0.15, 0.2) is 11.5 Å². The summed E-state index contributed by atoms with van der Waals surface area (Å²) in [5.74, 6) is 1.69. The molecule has 2 aromatic rings. The molecular formula is C22H25NO4. The zero-order chi connectivity index (χ0) is 19.3. The summed E-state index contributed by atoms with van der Waals surface area (Å²) in [4.78, 5) is 12.3. The number of rotatable bonds is 6. The van der Waals surface area contributed by atoms with Crippen LogP contribution < -0.4 is 19.5 Å². The lowest BCUT2D eigenvalue weighted by Crippen LogP contribution is -2.35. The highest BCUT2D eigenvalue weighted by Gasteiger charge is 2.21. The van der Waals surface area contributed by atoms with Gasteiger partial charge in [-0.15, -0.1) is 0 Å². The first kappa shape index (κ1) is 18.8. The lowest BCUT2D eigenvalue weighted by Gasteiger charge is -2.25. The van der Waals surface area contributed by atoms with Crippen LogP contribution in [0.3, 0.4) is 0 Å². The molecule has 5 heteroatoms. The van der Waals surface area contributed by atoms with Gasteiger partial charge in [0.05, 0.1) is 7.11 Å². The Morgan fingerprint density at radius 1 is 1.19 bits per heavy atom. The van der Waals surface area contributed by atoms with Crippen molar-refractivity contribution in [3.63, 3.8) is 0 Å². The van der Waals surface area contributed by atoms with Crippen molar-refractivity contribution < 1.29 is 19.0 Å². The average Bonchev–Trinajstić information content (AvgIpc) is 2.70. The molecule has 1 aliphatic rings. The van der Waals surface area contributed by atoms with Gasteiger partial charge in [-0.2, -0.15) is 0 Å². The van der Waals surface area contributed by atoms with Crippen LogP contribution >= 0.6 is 0 Å². The number of nitrogens with one attached hydrogen (secondary N) is 1. The van der Waals surface area contributed by atoms with E-state index in [1.54, 1.807) is 13.2 Å². The Labute approximate surface area is 159 Å². The maximum atomic E-state index is 12.3. The van der Waals surface area contributed by atoms with E-state index in [0.717, 1.165) is 5.56 Å². The number of ether oxygens (including phenoxy) is 3. The summed E-state index contributed by atoms with van der Waals surface area (Å²) in [6.45, 7) is 5.76. The Bertz CT molecular complexity index is 810. The smallest absolute Gasteiger partial charge is 0.244 e. The predicted octanol–water partition coefficient (Wildman–Crippen LogP) is 3.57. The van der Waals surface area contributed by atoms with Gasteiger partial charge in [-0.1, -0.05) is 44.2 Å². The van der Waals surface area contributed by atoms with Crippen molar-refractivity contribution in [3.05, 3.63) is 59.7 Å². The number of amides is 1. The maximum Gasteiger partial charge on any atom is 0.244 e. The monoisotopic (exact) mass is 367 g/mol. The van der Waals surface area contributed by atoms with E-state index in [1.165, 1.54) is 11.6 Å². The lowest BCUT2D eigenvalue weighted by atomic mass is 9.84. The molecule has 1 amide bonds. The van der Waals surface area contributed by atoms with Crippen molar-refractivity contribution in [1.29, 1.82) is 0 Å². The van der Waals surface area contributed by atoms with Gasteiger partial charge in [-0.25, -0.2) is 0 Å². The summed E-state index contributed by atoms with van der Waals surface area (Å²) < 4.78 is 16.6. The van der Waals surface area contributed by atoms with Crippen LogP contribution in [-0.2, 0) is 10.2 Å². The van der Waals surface area contributed by atoms with Crippen molar-refractivity contribution in [1.82, 2.24) is 5.32 Å². The van der Waals surface area contributed by atoms with Crippen LogP contribution in [0.25, 0.3) is 6.08 Å². The molecule has 0 radical (unpaired) electrons. The molecule has 142 valence electrons. The number of methoxy groups -OCH3 is 1. The average molecular weight is 367 g/mol. The molecule has 1 aliphatic heterocycles. The molecule has 1 N–H and O–H groups in total. The SMILES string of the molecule is COc1cc(/C=C/C(=O)NCC(C)(C)c2ccccc2)cc2c1OCCO2. The summed E-state index contributed by atoms with van der Waals surface area (Å²) in [5, 5.41) is 2.97. The van der Waals surface area contributed by atoms with E-state index < -0.39 is 0 Å². The van der Waals surface area contributed by atoms with Crippen LogP contribution in [0.5, 0.6) is 17.2 Å². The quantitative estimate of drug-likeness (QED) is 0.793. The van der Waals surface area contributed by atoms with Gasteiger partial charge in [0.25, 0.3) is 0 Å². The van der Waals surface area contributed by atoms with E-state index in [9.17, 15) is 4.79 Å². The second-order valence-corrected chi connectivity index (χ2v) is 7.05. The Hall–Kier alpha value is -2.95. The fraction of sp³-hybridized carbons (Fsp3) is 0.318. The topological polar surface area (TPSA) is 56.8 Å². The van der Waals surface area contributed by atoms with Crippen molar-refractivity contribution in [3.8, 4) is 17.2 Å². The number of fused-ring (bicyclic) bond motifs is 1. The van der Waals surface area contributed by atoms with Gasteiger partial charge in [0.2, 0.25) is 11.7 Å². The fourth-order valence-corrected chi connectivity index (χ4v) is 2.92. The minimum absolute atomic E-state index is 0.145. The fourth-order valence-electron chi connectivity index (χ4n) is 2.92. The third-order valence-electron chi connectivity index (χ3n) is 4.54. The van der Waals surface area contributed by atoms with Crippen LogP contribution in [0, 0.1) is 0 Å². The first-order valence-corrected chi connectivity index (χ1v) is 8.99. The van der Waals surface area contributed by atoms with E-state index in [2.05, 4.69) is 31.3 Å². The molecule has 0 fully saturated rings. The summed E-state index contributed by atoms with van der Waals surface area (Å²) in [6, 6.07) is 13.8. The van der Waals surface area contributed by atoms with Crippen molar-refractivity contribution in [2.45, 2.75) is 19.3 Å². The summed E-state index contributed by atoms with van der Waals surface area (Å²) in [7, 11) is 1.58. The van der Waals surface area contributed by atoms with Crippen LogP contribution in [0.15, 0.2) is 48.5 Å². The highest BCUT2D eigenvalue weighted by Crippen LogP contribution is 2.40. The van der Waals surface area contributed by atoms with E-state index in [0.29, 0.717) is 37.0 Å². The molecule has 0 unspecified atom stereocenters. The van der Waals surface area contributed by atoms with Crippen LogP contribution in [0.1, 0.15) is 25.0 Å². The molecule has 0 saturated carbocycles. The number of hydrogen-bond acceptors (Lipinski definition) is 4. The Balaban J connectivity index is 1.65. The van der Waals surface area contributed by atoms with Crippen molar-refractivity contribution in [2.24, 2.45) is 0 Å². The van der Waals surface area contributed by atoms with Crippen LogP contribution in [0.4, 0.5) is 0 Å². The Morgan fingerprint density at radius 3 is 2.67 bits per heavy atom. The Morgan fingerprint density at radius 2 is 1.93 bits per heavy atom. The molecule has 3 rings (SSSR count). The maximum absolute atomic E-state index is 12.3. The minimum Gasteiger partial charge on any atom is -0.493 e. The molecule has 1 heterocycles. The zero-order valence-corrected chi connectivity index (χ0v) is 16.0. The number of carbonyl (C=O) groups is 1.